The minimum absolute atomic E-state index is 0.355. The highest BCUT2D eigenvalue weighted by Crippen LogP contribution is 2.39. The van der Waals surface area contributed by atoms with E-state index in [1.165, 1.54) is 12.8 Å². The monoisotopic (exact) mass is 187 g/mol. The van der Waals surface area contributed by atoms with Crippen molar-refractivity contribution in [1.82, 2.24) is 4.90 Å². The average molecular weight is 187 g/mol. The van der Waals surface area contributed by atoms with Crippen LogP contribution >= 0.6 is 9.24 Å². The summed E-state index contributed by atoms with van der Waals surface area (Å²) >= 11 is 0. The van der Waals surface area contributed by atoms with Gasteiger partial charge in [0.1, 0.15) is 0 Å². The van der Waals surface area contributed by atoms with Gasteiger partial charge in [-0.05, 0) is 53.2 Å². The van der Waals surface area contributed by atoms with Crippen LogP contribution in [0.2, 0.25) is 0 Å². The molecule has 2 heteroatoms. The largest absolute Gasteiger partial charge is 0.296 e. The van der Waals surface area contributed by atoms with E-state index in [0.717, 1.165) is 5.66 Å². The zero-order chi connectivity index (χ0) is 9.57. The molecule has 1 aliphatic rings. The molecule has 0 aromatic rings. The number of hydrogen-bond donors (Lipinski definition) is 0. The average Bonchev–Trinajstić information content (AvgIpc) is 1.80. The van der Waals surface area contributed by atoms with Crippen LogP contribution in [0.15, 0.2) is 0 Å². The molecule has 1 rings (SSSR count). The van der Waals surface area contributed by atoms with Gasteiger partial charge in [-0.25, -0.2) is 0 Å². The third-order valence-electron chi connectivity index (χ3n) is 3.34. The summed E-state index contributed by atoms with van der Waals surface area (Å²) < 4.78 is 0. The van der Waals surface area contributed by atoms with Crippen molar-refractivity contribution in [2.75, 3.05) is 7.05 Å². The highest BCUT2D eigenvalue weighted by atomic mass is 31.0. The van der Waals surface area contributed by atoms with Gasteiger partial charge >= 0.3 is 0 Å². The summed E-state index contributed by atoms with van der Waals surface area (Å²) in [6.07, 6.45) is 2.58. The SMILES string of the molecule is CN1C(C)(C)CC(P)CC1(C)C. The normalized spacial score (nSPS) is 30.5. The summed E-state index contributed by atoms with van der Waals surface area (Å²) in [5.74, 6) is 0. The minimum atomic E-state index is 0.355. The molecule has 1 fully saturated rings. The Morgan fingerprint density at radius 3 is 1.75 bits per heavy atom. The molecular formula is C10H22NP. The van der Waals surface area contributed by atoms with Gasteiger partial charge in [-0.2, -0.15) is 0 Å². The van der Waals surface area contributed by atoms with Crippen LogP contribution in [0, 0.1) is 0 Å². The van der Waals surface area contributed by atoms with Gasteiger partial charge in [0.05, 0.1) is 0 Å². The van der Waals surface area contributed by atoms with Crippen LogP contribution in [0.4, 0.5) is 0 Å². The maximum absolute atomic E-state index is 2.98. The topological polar surface area (TPSA) is 3.24 Å². The molecule has 1 nitrogen and oxygen atoms in total. The fourth-order valence-electron chi connectivity index (χ4n) is 2.45. The van der Waals surface area contributed by atoms with Gasteiger partial charge in [-0.1, -0.05) is 0 Å². The molecule has 0 N–H and O–H groups in total. The molecule has 0 spiro atoms. The van der Waals surface area contributed by atoms with E-state index >= 15 is 0 Å². The predicted molar refractivity (Wildman–Crippen MR) is 58.7 cm³/mol. The molecule has 0 saturated carbocycles. The first-order valence-corrected chi connectivity index (χ1v) is 5.42. The maximum atomic E-state index is 2.98. The van der Waals surface area contributed by atoms with Crippen molar-refractivity contribution in [3.05, 3.63) is 0 Å². The fourth-order valence-corrected chi connectivity index (χ4v) is 3.60. The summed E-state index contributed by atoms with van der Waals surface area (Å²) in [6.45, 7) is 9.35. The molecule has 0 aromatic heterocycles. The van der Waals surface area contributed by atoms with Crippen molar-refractivity contribution in [2.24, 2.45) is 0 Å². The lowest BCUT2D eigenvalue weighted by molar-refractivity contribution is 0.00116. The Hall–Kier alpha value is 0.390. The Morgan fingerprint density at radius 1 is 1.08 bits per heavy atom. The molecule has 0 bridgehead atoms. The number of nitrogens with zero attached hydrogens (tertiary/aromatic N) is 1. The molecule has 0 radical (unpaired) electrons. The van der Waals surface area contributed by atoms with Crippen LogP contribution < -0.4 is 0 Å². The number of hydrogen-bond acceptors (Lipinski definition) is 1. The van der Waals surface area contributed by atoms with Crippen LogP contribution in [0.1, 0.15) is 40.5 Å². The van der Waals surface area contributed by atoms with Gasteiger partial charge in [0.2, 0.25) is 0 Å². The van der Waals surface area contributed by atoms with Gasteiger partial charge in [-0.15, -0.1) is 9.24 Å². The summed E-state index contributed by atoms with van der Waals surface area (Å²) in [7, 11) is 5.23. The van der Waals surface area contributed by atoms with E-state index in [1.54, 1.807) is 0 Å². The van der Waals surface area contributed by atoms with E-state index in [2.05, 4.69) is 48.9 Å². The summed E-state index contributed by atoms with van der Waals surface area (Å²) in [4.78, 5) is 2.51. The van der Waals surface area contributed by atoms with Crippen LogP contribution in [-0.2, 0) is 0 Å². The van der Waals surface area contributed by atoms with Gasteiger partial charge in [0.15, 0.2) is 0 Å². The van der Waals surface area contributed by atoms with Crippen LogP contribution in [0.5, 0.6) is 0 Å². The predicted octanol–water partition coefficient (Wildman–Crippen LogP) is 2.51. The first kappa shape index (κ1) is 10.5. The number of rotatable bonds is 0. The second-order valence-corrected chi connectivity index (χ2v) is 6.30. The lowest BCUT2D eigenvalue weighted by Gasteiger charge is -2.53. The zero-order valence-electron chi connectivity index (χ0n) is 9.02. The molecule has 1 saturated heterocycles. The second-order valence-electron chi connectivity index (χ2n) is 5.35. The lowest BCUT2D eigenvalue weighted by atomic mass is 9.80. The van der Waals surface area contributed by atoms with Gasteiger partial charge in [0, 0.05) is 11.1 Å². The van der Waals surface area contributed by atoms with Crippen molar-refractivity contribution >= 4 is 9.24 Å². The quantitative estimate of drug-likeness (QED) is 0.527. The fraction of sp³-hybridized carbons (Fsp3) is 1.00. The van der Waals surface area contributed by atoms with Crippen molar-refractivity contribution in [1.29, 1.82) is 0 Å². The van der Waals surface area contributed by atoms with Crippen LogP contribution in [0.3, 0.4) is 0 Å². The molecule has 0 amide bonds. The summed E-state index contributed by atoms with van der Waals surface area (Å²) in [5.41, 5.74) is 1.49. The Bertz CT molecular complexity index is 157. The van der Waals surface area contributed by atoms with E-state index in [0.29, 0.717) is 11.1 Å². The van der Waals surface area contributed by atoms with Crippen molar-refractivity contribution in [3.8, 4) is 0 Å². The van der Waals surface area contributed by atoms with E-state index in [9.17, 15) is 0 Å². The highest BCUT2D eigenvalue weighted by Gasteiger charge is 2.41. The molecule has 1 unspecified atom stereocenters. The standard InChI is InChI=1S/C10H22NP/c1-9(2)6-8(12)7-10(3,4)11(9)5/h8H,6-7,12H2,1-5H3. The summed E-state index contributed by atoms with van der Waals surface area (Å²) in [6, 6.07) is 0. The van der Waals surface area contributed by atoms with E-state index < -0.39 is 0 Å². The van der Waals surface area contributed by atoms with E-state index in [-0.39, 0.29) is 0 Å². The van der Waals surface area contributed by atoms with E-state index in [1.807, 2.05) is 0 Å². The highest BCUT2D eigenvalue weighted by molar-refractivity contribution is 7.17. The third-order valence-corrected chi connectivity index (χ3v) is 3.81. The molecule has 0 aliphatic carbocycles. The molecule has 12 heavy (non-hydrogen) atoms. The Kier molecular flexibility index (Phi) is 2.58. The van der Waals surface area contributed by atoms with Gasteiger partial charge in [-0.3, -0.25) is 4.90 Å². The van der Waals surface area contributed by atoms with Crippen molar-refractivity contribution in [3.63, 3.8) is 0 Å². The third kappa shape index (κ3) is 1.83. The van der Waals surface area contributed by atoms with Gasteiger partial charge in [0.25, 0.3) is 0 Å². The summed E-state index contributed by atoms with van der Waals surface area (Å²) in [5, 5.41) is 0. The molecular weight excluding hydrogens is 165 g/mol. The number of likely N-dealkylation sites (tertiary alicyclic amines) is 1. The lowest BCUT2D eigenvalue weighted by Crippen LogP contribution is -2.58. The van der Waals surface area contributed by atoms with Crippen molar-refractivity contribution < 1.29 is 0 Å². The first-order valence-electron chi connectivity index (χ1n) is 4.75. The van der Waals surface area contributed by atoms with Gasteiger partial charge < -0.3 is 0 Å². The van der Waals surface area contributed by atoms with Crippen molar-refractivity contribution in [2.45, 2.75) is 57.3 Å². The smallest absolute Gasteiger partial charge is 0.0161 e. The minimum Gasteiger partial charge on any atom is -0.296 e. The van der Waals surface area contributed by atoms with Crippen LogP contribution in [-0.4, -0.2) is 28.7 Å². The molecule has 1 heterocycles. The molecule has 1 aliphatic heterocycles. The zero-order valence-corrected chi connectivity index (χ0v) is 10.2. The van der Waals surface area contributed by atoms with Crippen LogP contribution in [0.25, 0.3) is 0 Å². The molecule has 72 valence electrons. The Labute approximate surface area is 79.1 Å². The molecule has 0 aromatic carbocycles. The van der Waals surface area contributed by atoms with E-state index in [4.69, 9.17) is 0 Å². The second kappa shape index (κ2) is 2.96. The maximum Gasteiger partial charge on any atom is 0.0161 e. The number of piperidine rings is 1. The first-order chi connectivity index (χ1) is 5.26. The Balaban J connectivity index is 2.84. The molecule has 1 atom stereocenters. The Morgan fingerprint density at radius 2 is 1.42 bits per heavy atom.